The van der Waals surface area contributed by atoms with Crippen LogP contribution in [0.1, 0.15) is 18.5 Å². The number of nitrogens with zero attached hydrogens (tertiary/aromatic N) is 1. The molecule has 0 aliphatic heterocycles. The van der Waals surface area contributed by atoms with E-state index >= 15 is 0 Å². The molecule has 0 unspecified atom stereocenters. The van der Waals surface area contributed by atoms with Gasteiger partial charge in [0.05, 0.1) is 0 Å². The number of pyridine rings is 1. The fraction of sp³-hybridized carbons (Fsp3) is 0.286. The van der Waals surface area contributed by atoms with Gasteiger partial charge in [-0.1, -0.05) is 6.07 Å². The summed E-state index contributed by atoms with van der Waals surface area (Å²) in [5.74, 6) is 0. The lowest BCUT2D eigenvalue weighted by molar-refractivity contribution is 0.810. The van der Waals surface area contributed by atoms with E-state index in [0.29, 0.717) is 0 Å². The van der Waals surface area contributed by atoms with Gasteiger partial charge >= 0.3 is 0 Å². The number of nitrogens with two attached hydrogens (primary N) is 1. The zero-order valence-corrected chi connectivity index (χ0v) is 9.75. The Morgan fingerprint density at radius 1 is 1.42 bits per heavy atom. The smallest absolute Gasteiger partial charge is 0.106 e. The molecule has 0 aromatic carbocycles. The third-order valence-corrected chi connectivity index (χ3v) is 1.75. The second-order valence-electron chi connectivity index (χ2n) is 2.20. The standard InChI is InChI=1S/C7H9BrN2.2ClH/c1-5(9)6-2-3-7(8)10-4-6;;/h2-5H,9H2,1H3;2*1H/t5-;;/m0../s1. The average molecular weight is 274 g/mol. The molecule has 1 aromatic heterocycles. The molecule has 0 saturated carbocycles. The highest BCUT2D eigenvalue weighted by atomic mass is 79.9. The van der Waals surface area contributed by atoms with Gasteiger partial charge in [-0.05, 0) is 34.5 Å². The first-order chi connectivity index (χ1) is 4.70. The Morgan fingerprint density at radius 3 is 2.33 bits per heavy atom. The third kappa shape index (κ3) is 4.26. The Morgan fingerprint density at radius 2 is 2.00 bits per heavy atom. The molecule has 2 N–H and O–H groups in total. The van der Waals surface area contributed by atoms with E-state index in [0.717, 1.165) is 10.2 Å². The average Bonchev–Trinajstić information content (AvgIpc) is 1.88. The zero-order valence-electron chi connectivity index (χ0n) is 6.53. The van der Waals surface area contributed by atoms with E-state index in [2.05, 4.69) is 20.9 Å². The number of hydrogen-bond donors (Lipinski definition) is 1. The highest BCUT2D eigenvalue weighted by molar-refractivity contribution is 9.10. The Bertz CT molecular complexity index is 213. The molecule has 0 saturated heterocycles. The minimum atomic E-state index is 0. The van der Waals surface area contributed by atoms with Crippen LogP contribution in [0.3, 0.4) is 0 Å². The van der Waals surface area contributed by atoms with Gasteiger partial charge in [-0.3, -0.25) is 0 Å². The first-order valence-corrected chi connectivity index (χ1v) is 3.86. The maximum absolute atomic E-state index is 5.61. The summed E-state index contributed by atoms with van der Waals surface area (Å²) in [6, 6.07) is 3.92. The van der Waals surface area contributed by atoms with Crippen LogP contribution in [0.5, 0.6) is 0 Å². The van der Waals surface area contributed by atoms with Crippen molar-refractivity contribution in [1.29, 1.82) is 0 Å². The van der Waals surface area contributed by atoms with E-state index in [1.165, 1.54) is 0 Å². The topological polar surface area (TPSA) is 38.9 Å². The Balaban J connectivity index is 0. The predicted molar refractivity (Wildman–Crippen MR) is 59.0 cm³/mol. The molecule has 0 spiro atoms. The van der Waals surface area contributed by atoms with Crippen LogP contribution in [0.25, 0.3) is 0 Å². The first-order valence-electron chi connectivity index (χ1n) is 3.07. The van der Waals surface area contributed by atoms with Gasteiger partial charge in [-0.15, -0.1) is 24.8 Å². The van der Waals surface area contributed by atoms with Gasteiger partial charge in [0.1, 0.15) is 4.60 Å². The van der Waals surface area contributed by atoms with Crippen LogP contribution >= 0.6 is 40.7 Å². The lowest BCUT2D eigenvalue weighted by Crippen LogP contribution is -2.04. The Labute approximate surface area is 92.9 Å². The molecule has 0 amide bonds. The first kappa shape index (κ1) is 14.7. The maximum atomic E-state index is 5.61. The molecule has 5 heteroatoms. The molecular weight excluding hydrogens is 263 g/mol. The molecule has 0 radical (unpaired) electrons. The van der Waals surface area contributed by atoms with Crippen LogP contribution in [-0.2, 0) is 0 Å². The number of halogens is 3. The predicted octanol–water partition coefficient (Wildman–Crippen LogP) is 2.71. The number of rotatable bonds is 1. The molecular formula is C7H11BrCl2N2. The molecule has 1 heterocycles. The van der Waals surface area contributed by atoms with E-state index in [-0.39, 0.29) is 30.9 Å². The van der Waals surface area contributed by atoms with Crippen molar-refractivity contribution in [3.05, 3.63) is 28.5 Å². The fourth-order valence-corrected chi connectivity index (χ4v) is 0.891. The van der Waals surface area contributed by atoms with Crippen LogP contribution < -0.4 is 5.73 Å². The molecule has 2 nitrogen and oxygen atoms in total. The van der Waals surface area contributed by atoms with Gasteiger partial charge in [0.2, 0.25) is 0 Å². The summed E-state index contributed by atoms with van der Waals surface area (Å²) in [6.45, 7) is 1.94. The summed E-state index contributed by atoms with van der Waals surface area (Å²) in [4.78, 5) is 4.04. The van der Waals surface area contributed by atoms with E-state index < -0.39 is 0 Å². The van der Waals surface area contributed by atoms with Crippen molar-refractivity contribution in [2.24, 2.45) is 5.73 Å². The summed E-state index contributed by atoms with van der Waals surface area (Å²) in [6.07, 6.45) is 1.77. The largest absolute Gasteiger partial charge is 0.324 e. The fourth-order valence-electron chi connectivity index (χ4n) is 0.657. The molecule has 0 aliphatic rings. The van der Waals surface area contributed by atoms with Gasteiger partial charge in [0.15, 0.2) is 0 Å². The molecule has 0 fully saturated rings. The monoisotopic (exact) mass is 272 g/mol. The van der Waals surface area contributed by atoms with E-state index in [4.69, 9.17) is 5.73 Å². The SMILES string of the molecule is C[C@H](N)c1ccc(Br)nc1.Cl.Cl. The van der Waals surface area contributed by atoms with Gasteiger partial charge in [0, 0.05) is 12.2 Å². The molecule has 70 valence electrons. The van der Waals surface area contributed by atoms with Crippen LogP contribution in [-0.4, -0.2) is 4.98 Å². The zero-order chi connectivity index (χ0) is 7.56. The normalized spacial score (nSPS) is 10.9. The minimum absolute atomic E-state index is 0. The second-order valence-corrected chi connectivity index (χ2v) is 3.02. The summed E-state index contributed by atoms with van der Waals surface area (Å²) in [5.41, 5.74) is 6.67. The highest BCUT2D eigenvalue weighted by Gasteiger charge is 1.97. The van der Waals surface area contributed by atoms with E-state index in [9.17, 15) is 0 Å². The lowest BCUT2D eigenvalue weighted by Gasteiger charge is -2.02. The summed E-state index contributed by atoms with van der Waals surface area (Å²) in [5, 5.41) is 0. The Hall–Kier alpha value is 0.170. The summed E-state index contributed by atoms with van der Waals surface area (Å²) >= 11 is 3.24. The molecule has 1 atom stereocenters. The lowest BCUT2D eigenvalue weighted by atomic mass is 10.2. The van der Waals surface area contributed by atoms with Crippen molar-refractivity contribution in [2.45, 2.75) is 13.0 Å². The van der Waals surface area contributed by atoms with Crippen LogP contribution in [0.15, 0.2) is 22.9 Å². The molecule has 0 bridgehead atoms. The van der Waals surface area contributed by atoms with Crippen molar-refractivity contribution in [3.8, 4) is 0 Å². The quantitative estimate of drug-likeness (QED) is 0.799. The van der Waals surface area contributed by atoms with Gasteiger partial charge in [0.25, 0.3) is 0 Å². The van der Waals surface area contributed by atoms with Crippen molar-refractivity contribution in [2.75, 3.05) is 0 Å². The van der Waals surface area contributed by atoms with E-state index in [1.807, 2.05) is 19.1 Å². The molecule has 0 aliphatic carbocycles. The van der Waals surface area contributed by atoms with Gasteiger partial charge in [-0.2, -0.15) is 0 Å². The van der Waals surface area contributed by atoms with Crippen LogP contribution in [0.4, 0.5) is 0 Å². The van der Waals surface area contributed by atoms with E-state index in [1.54, 1.807) is 6.20 Å². The summed E-state index contributed by atoms with van der Waals surface area (Å²) in [7, 11) is 0. The highest BCUT2D eigenvalue weighted by Crippen LogP contribution is 2.10. The van der Waals surface area contributed by atoms with Gasteiger partial charge < -0.3 is 5.73 Å². The van der Waals surface area contributed by atoms with Crippen molar-refractivity contribution in [1.82, 2.24) is 4.98 Å². The second kappa shape index (κ2) is 6.66. The number of aromatic nitrogens is 1. The third-order valence-electron chi connectivity index (χ3n) is 1.28. The molecule has 12 heavy (non-hydrogen) atoms. The van der Waals surface area contributed by atoms with Gasteiger partial charge in [-0.25, -0.2) is 4.98 Å². The molecule has 1 aromatic rings. The van der Waals surface area contributed by atoms with Crippen molar-refractivity contribution in [3.63, 3.8) is 0 Å². The summed E-state index contributed by atoms with van der Waals surface area (Å²) < 4.78 is 0.844. The number of hydrogen-bond acceptors (Lipinski definition) is 2. The van der Waals surface area contributed by atoms with Crippen LogP contribution in [0.2, 0.25) is 0 Å². The minimum Gasteiger partial charge on any atom is -0.324 e. The maximum Gasteiger partial charge on any atom is 0.106 e. The van der Waals surface area contributed by atoms with Crippen molar-refractivity contribution >= 4 is 40.7 Å². The molecule has 1 rings (SSSR count). The van der Waals surface area contributed by atoms with Crippen molar-refractivity contribution < 1.29 is 0 Å². The Kier molecular flexibility index (Phi) is 8.15. The van der Waals surface area contributed by atoms with Crippen LogP contribution in [0, 0.1) is 0 Å².